The first-order valence-corrected chi connectivity index (χ1v) is 5.02. The largest absolute Gasteiger partial charge is 0.394 e. The van der Waals surface area contributed by atoms with E-state index in [1.54, 1.807) is 0 Å². The van der Waals surface area contributed by atoms with Gasteiger partial charge in [0.15, 0.2) is 0 Å². The van der Waals surface area contributed by atoms with Crippen molar-refractivity contribution >= 4 is 22.1 Å². The van der Waals surface area contributed by atoms with E-state index in [1.807, 2.05) is 24.4 Å². The molecule has 1 atom stereocenters. The van der Waals surface area contributed by atoms with E-state index in [9.17, 15) is 0 Å². The molecule has 1 aromatic carbocycles. The molecular weight excluding hydrogens is 230 g/mol. The molecule has 0 bridgehead atoms. The van der Waals surface area contributed by atoms with Crippen LogP contribution in [0.1, 0.15) is 11.1 Å². The monoisotopic (exact) mass is 239 g/mol. The molecule has 0 aromatic heterocycles. The highest BCUT2D eigenvalue weighted by atomic mass is 79.9. The lowest BCUT2D eigenvalue weighted by atomic mass is 9.99. The third kappa shape index (κ3) is 1.67. The van der Waals surface area contributed by atoms with E-state index in [2.05, 4.69) is 20.9 Å². The van der Waals surface area contributed by atoms with Gasteiger partial charge in [0.25, 0.3) is 0 Å². The number of nitrogens with zero attached hydrogens (tertiary/aromatic N) is 1. The summed E-state index contributed by atoms with van der Waals surface area (Å²) in [6.07, 6.45) is 2.66. The Balaban J connectivity index is 2.41. The summed E-state index contributed by atoms with van der Waals surface area (Å²) in [7, 11) is 0. The molecule has 1 aromatic rings. The fourth-order valence-corrected chi connectivity index (χ4v) is 2.04. The van der Waals surface area contributed by atoms with Crippen molar-refractivity contribution in [1.29, 1.82) is 0 Å². The number of hydrogen-bond acceptors (Lipinski definition) is 2. The second kappa shape index (κ2) is 3.60. The van der Waals surface area contributed by atoms with Gasteiger partial charge in [0, 0.05) is 10.7 Å². The molecule has 1 aliphatic rings. The summed E-state index contributed by atoms with van der Waals surface area (Å²) in [6, 6.07) is 6.09. The SMILES string of the molecule is OC[C@H]1Cc2c(Br)cccc2C=N1. The highest BCUT2D eigenvalue weighted by Crippen LogP contribution is 2.24. The molecule has 1 N–H and O–H groups in total. The third-order valence-corrected chi connectivity index (χ3v) is 2.97. The highest BCUT2D eigenvalue weighted by molar-refractivity contribution is 9.10. The maximum Gasteiger partial charge on any atom is 0.0771 e. The zero-order chi connectivity index (χ0) is 9.26. The lowest BCUT2D eigenvalue weighted by Crippen LogP contribution is -2.19. The first-order valence-electron chi connectivity index (χ1n) is 4.22. The third-order valence-electron chi connectivity index (χ3n) is 2.23. The Hall–Kier alpha value is -0.670. The van der Waals surface area contributed by atoms with Crippen molar-refractivity contribution in [3.05, 3.63) is 33.8 Å². The summed E-state index contributed by atoms with van der Waals surface area (Å²) in [6.45, 7) is 0.122. The van der Waals surface area contributed by atoms with E-state index in [0.717, 1.165) is 16.5 Å². The van der Waals surface area contributed by atoms with Crippen LogP contribution in [0.3, 0.4) is 0 Å². The van der Waals surface area contributed by atoms with Crippen LogP contribution in [0.15, 0.2) is 27.7 Å². The quantitative estimate of drug-likeness (QED) is 0.797. The zero-order valence-electron chi connectivity index (χ0n) is 7.07. The summed E-state index contributed by atoms with van der Waals surface area (Å²) in [5, 5.41) is 8.98. The van der Waals surface area contributed by atoms with Crippen LogP contribution in [0.4, 0.5) is 0 Å². The predicted molar refractivity (Wildman–Crippen MR) is 56.3 cm³/mol. The van der Waals surface area contributed by atoms with Crippen LogP contribution in [-0.2, 0) is 6.42 Å². The van der Waals surface area contributed by atoms with Crippen molar-refractivity contribution in [3.63, 3.8) is 0 Å². The summed E-state index contributed by atoms with van der Waals surface area (Å²) in [5.74, 6) is 0. The molecule has 3 heteroatoms. The van der Waals surface area contributed by atoms with Crippen molar-refractivity contribution in [1.82, 2.24) is 0 Å². The summed E-state index contributed by atoms with van der Waals surface area (Å²) < 4.78 is 1.11. The average Bonchev–Trinajstić information content (AvgIpc) is 2.18. The number of fused-ring (bicyclic) bond motifs is 1. The van der Waals surface area contributed by atoms with E-state index >= 15 is 0 Å². The number of halogens is 1. The van der Waals surface area contributed by atoms with Gasteiger partial charge in [-0.25, -0.2) is 0 Å². The van der Waals surface area contributed by atoms with E-state index in [-0.39, 0.29) is 12.6 Å². The summed E-state index contributed by atoms with van der Waals surface area (Å²) in [5.41, 5.74) is 2.40. The van der Waals surface area contributed by atoms with Gasteiger partial charge < -0.3 is 5.11 Å². The molecule has 0 radical (unpaired) electrons. The molecule has 0 amide bonds. The Kier molecular flexibility index (Phi) is 2.47. The smallest absolute Gasteiger partial charge is 0.0771 e. The highest BCUT2D eigenvalue weighted by Gasteiger charge is 2.15. The van der Waals surface area contributed by atoms with Gasteiger partial charge in [-0.05, 0) is 23.6 Å². The maximum atomic E-state index is 8.98. The van der Waals surface area contributed by atoms with Crippen LogP contribution in [0.5, 0.6) is 0 Å². The van der Waals surface area contributed by atoms with E-state index in [4.69, 9.17) is 5.11 Å². The number of hydrogen-bond donors (Lipinski definition) is 1. The fourth-order valence-electron chi connectivity index (χ4n) is 1.50. The van der Waals surface area contributed by atoms with Crippen molar-refractivity contribution in [2.75, 3.05) is 6.61 Å². The Bertz CT molecular complexity index is 349. The van der Waals surface area contributed by atoms with Gasteiger partial charge in [0.05, 0.1) is 12.6 Å². The molecular formula is C10H10BrNO. The first kappa shape index (κ1) is 8.91. The molecule has 2 rings (SSSR count). The number of aliphatic hydroxyl groups excluding tert-OH is 1. The normalized spacial score (nSPS) is 20.0. The van der Waals surface area contributed by atoms with Crippen molar-refractivity contribution in [3.8, 4) is 0 Å². The zero-order valence-corrected chi connectivity index (χ0v) is 8.66. The minimum absolute atomic E-state index is 0.0335. The molecule has 0 fully saturated rings. The van der Waals surface area contributed by atoms with Crippen LogP contribution in [-0.4, -0.2) is 24.0 Å². The number of benzene rings is 1. The van der Waals surface area contributed by atoms with Gasteiger partial charge in [-0.1, -0.05) is 28.1 Å². The lowest BCUT2D eigenvalue weighted by Gasteiger charge is -2.17. The number of rotatable bonds is 1. The Morgan fingerprint density at radius 2 is 2.38 bits per heavy atom. The van der Waals surface area contributed by atoms with Gasteiger partial charge in [-0.15, -0.1) is 0 Å². The predicted octanol–water partition coefficient (Wildman–Crippen LogP) is 1.78. The second-order valence-corrected chi connectivity index (χ2v) is 3.98. The van der Waals surface area contributed by atoms with Crippen LogP contribution in [0.25, 0.3) is 0 Å². The van der Waals surface area contributed by atoms with Crippen molar-refractivity contribution in [2.24, 2.45) is 4.99 Å². The summed E-state index contributed by atoms with van der Waals surface area (Å²) >= 11 is 3.50. The Labute approximate surface area is 85.4 Å². The van der Waals surface area contributed by atoms with E-state index in [1.165, 1.54) is 5.56 Å². The molecule has 0 saturated carbocycles. The van der Waals surface area contributed by atoms with Crippen LogP contribution in [0, 0.1) is 0 Å². The lowest BCUT2D eigenvalue weighted by molar-refractivity contribution is 0.265. The van der Waals surface area contributed by atoms with Gasteiger partial charge >= 0.3 is 0 Å². The van der Waals surface area contributed by atoms with Crippen LogP contribution < -0.4 is 0 Å². The minimum Gasteiger partial charge on any atom is -0.394 e. The van der Waals surface area contributed by atoms with Crippen molar-refractivity contribution in [2.45, 2.75) is 12.5 Å². The molecule has 1 heterocycles. The molecule has 0 saturated heterocycles. The standard InChI is InChI=1S/C10H10BrNO/c11-10-3-1-2-7-5-12-8(6-13)4-9(7)10/h1-3,5,8,13H,4,6H2/t8-/m1/s1. The van der Waals surface area contributed by atoms with Gasteiger partial charge in [-0.3, -0.25) is 4.99 Å². The summed E-state index contributed by atoms with van der Waals surface area (Å²) in [4.78, 5) is 4.23. The Morgan fingerprint density at radius 1 is 1.54 bits per heavy atom. The van der Waals surface area contributed by atoms with E-state index < -0.39 is 0 Å². The van der Waals surface area contributed by atoms with Crippen LogP contribution in [0.2, 0.25) is 0 Å². The Morgan fingerprint density at radius 3 is 3.15 bits per heavy atom. The van der Waals surface area contributed by atoms with Gasteiger partial charge in [0.1, 0.15) is 0 Å². The van der Waals surface area contributed by atoms with Crippen LogP contribution >= 0.6 is 15.9 Å². The van der Waals surface area contributed by atoms with Crippen molar-refractivity contribution < 1.29 is 5.11 Å². The topological polar surface area (TPSA) is 32.6 Å². The molecule has 13 heavy (non-hydrogen) atoms. The fraction of sp³-hybridized carbons (Fsp3) is 0.300. The molecule has 68 valence electrons. The van der Waals surface area contributed by atoms with Gasteiger partial charge in [-0.2, -0.15) is 0 Å². The number of aliphatic imine (C=N–C) groups is 1. The van der Waals surface area contributed by atoms with Gasteiger partial charge in [0.2, 0.25) is 0 Å². The first-order chi connectivity index (χ1) is 6.31. The number of aliphatic hydroxyl groups is 1. The molecule has 0 aliphatic carbocycles. The second-order valence-electron chi connectivity index (χ2n) is 3.13. The molecule has 2 nitrogen and oxygen atoms in total. The molecule has 0 spiro atoms. The molecule has 1 aliphatic heterocycles. The van der Waals surface area contributed by atoms with E-state index in [0.29, 0.717) is 0 Å². The molecule has 0 unspecified atom stereocenters. The average molecular weight is 240 g/mol. The maximum absolute atomic E-state index is 8.98. The minimum atomic E-state index is 0.0335.